The van der Waals surface area contributed by atoms with E-state index in [9.17, 15) is 0 Å². The predicted octanol–water partition coefficient (Wildman–Crippen LogP) is 1.19. The Labute approximate surface area is 74.4 Å². The van der Waals surface area contributed by atoms with Crippen molar-refractivity contribution >= 4 is 22.6 Å². The van der Waals surface area contributed by atoms with Crippen LogP contribution in [0.5, 0.6) is 0 Å². The predicted molar refractivity (Wildman–Crippen MR) is 47.0 cm³/mol. The lowest BCUT2D eigenvalue weighted by atomic mass is 10.4. The van der Waals surface area contributed by atoms with Crippen LogP contribution >= 0.6 is 22.6 Å². The first-order chi connectivity index (χ1) is 4.84. The number of terminal acetylenes is 1. The first-order valence-corrected chi connectivity index (χ1v) is 4.40. The van der Waals surface area contributed by atoms with Crippen LogP contribution in [0.25, 0.3) is 0 Å². The number of alkyl halides is 1. The average molecular weight is 252 g/mol. The molecule has 1 fully saturated rings. The fraction of sp³-hybridized carbons (Fsp3) is 0.714. The van der Waals surface area contributed by atoms with E-state index in [4.69, 9.17) is 15.9 Å². The van der Waals surface area contributed by atoms with Gasteiger partial charge in [-0.1, -0.05) is 28.5 Å². The van der Waals surface area contributed by atoms with E-state index in [1.807, 2.05) is 0 Å². The maximum Gasteiger partial charge on any atom is 0.170 e. The zero-order valence-corrected chi connectivity index (χ0v) is 7.71. The van der Waals surface area contributed by atoms with Gasteiger partial charge in [0.25, 0.3) is 0 Å². The van der Waals surface area contributed by atoms with Crippen molar-refractivity contribution in [3.8, 4) is 12.3 Å². The van der Waals surface area contributed by atoms with E-state index in [1.165, 1.54) is 0 Å². The molecule has 2 atom stereocenters. The maximum absolute atomic E-state index is 5.24. The Morgan fingerprint density at radius 2 is 2.60 bits per heavy atom. The van der Waals surface area contributed by atoms with Crippen molar-refractivity contribution in [2.45, 2.75) is 16.6 Å². The molecule has 0 saturated carbocycles. The second kappa shape index (κ2) is 4.16. The monoisotopic (exact) mass is 252 g/mol. The Bertz CT molecular complexity index is 141. The molecule has 1 rings (SSSR count). The molecule has 0 amide bonds. The summed E-state index contributed by atoms with van der Waals surface area (Å²) in [5.41, 5.74) is 0. The Morgan fingerprint density at radius 3 is 3.10 bits per heavy atom. The molecule has 0 aliphatic carbocycles. The average Bonchev–Trinajstić information content (AvgIpc) is 2.31. The van der Waals surface area contributed by atoms with Crippen LogP contribution < -0.4 is 0 Å². The summed E-state index contributed by atoms with van der Waals surface area (Å²) in [5, 5.41) is 0. The summed E-state index contributed by atoms with van der Waals surface area (Å²) in [7, 11) is 0. The molecule has 0 aromatic rings. The van der Waals surface area contributed by atoms with Crippen LogP contribution in [0.1, 0.15) is 6.42 Å². The summed E-state index contributed by atoms with van der Waals surface area (Å²) >= 11 is 2.32. The van der Waals surface area contributed by atoms with Gasteiger partial charge in [0, 0.05) is 0 Å². The molecular weight excluding hydrogens is 243 g/mol. The third-order valence-corrected chi connectivity index (χ3v) is 2.51. The summed E-state index contributed by atoms with van der Waals surface area (Å²) in [6, 6.07) is 0. The van der Waals surface area contributed by atoms with Gasteiger partial charge in [-0.25, -0.2) is 0 Å². The zero-order valence-electron chi connectivity index (χ0n) is 5.55. The normalized spacial score (nSPS) is 32.0. The minimum atomic E-state index is -0.0725. The van der Waals surface area contributed by atoms with E-state index >= 15 is 0 Å². The quantitative estimate of drug-likeness (QED) is 0.417. The van der Waals surface area contributed by atoms with Crippen molar-refractivity contribution in [3.05, 3.63) is 0 Å². The van der Waals surface area contributed by atoms with Gasteiger partial charge in [-0.05, 0) is 6.42 Å². The number of hydrogen-bond acceptors (Lipinski definition) is 2. The minimum Gasteiger partial charge on any atom is -0.351 e. The molecule has 0 bridgehead atoms. The molecule has 0 N–H and O–H groups in total. The van der Waals surface area contributed by atoms with Gasteiger partial charge in [0.2, 0.25) is 0 Å². The number of halogens is 1. The van der Waals surface area contributed by atoms with Crippen molar-refractivity contribution in [1.29, 1.82) is 0 Å². The first kappa shape index (κ1) is 8.31. The number of rotatable bonds is 2. The molecule has 1 unspecified atom stereocenters. The van der Waals surface area contributed by atoms with Gasteiger partial charge in [0.1, 0.15) is 6.61 Å². The summed E-state index contributed by atoms with van der Waals surface area (Å²) in [6.45, 7) is 1.15. The van der Waals surface area contributed by atoms with Gasteiger partial charge in [-0.3, -0.25) is 0 Å². The van der Waals surface area contributed by atoms with E-state index in [1.54, 1.807) is 0 Å². The van der Waals surface area contributed by atoms with Crippen LogP contribution in [-0.2, 0) is 9.47 Å². The van der Waals surface area contributed by atoms with E-state index in [2.05, 4.69) is 28.5 Å². The lowest BCUT2D eigenvalue weighted by Gasteiger charge is -2.11. The highest BCUT2D eigenvalue weighted by molar-refractivity contribution is 14.1. The van der Waals surface area contributed by atoms with Crippen LogP contribution in [0.2, 0.25) is 0 Å². The van der Waals surface area contributed by atoms with Crippen molar-refractivity contribution < 1.29 is 9.47 Å². The highest BCUT2D eigenvalue weighted by atomic mass is 127. The minimum absolute atomic E-state index is 0.0725. The maximum atomic E-state index is 5.24. The third kappa shape index (κ3) is 2.11. The Morgan fingerprint density at radius 1 is 1.80 bits per heavy atom. The standard InChI is InChI=1S/C7H9IO2/c1-2-4-9-7-6(8)3-5-10-7/h1,6-7H,3-5H2/t6?,7-/m0/s1. The molecule has 0 aromatic carbocycles. The van der Waals surface area contributed by atoms with Gasteiger partial charge in [0.05, 0.1) is 10.5 Å². The van der Waals surface area contributed by atoms with Gasteiger partial charge in [0.15, 0.2) is 6.29 Å². The molecule has 0 spiro atoms. The van der Waals surface area contributed by atoms with Gasteiger partial charge in [-0.15, -0.1) is 6.42 Å². The number of ether oxygens (including phenoxy) is 2. The van der Waals surface area contributed by atoms with E-state index < -0.39 is 0 Å². The lowest BCUT2D eigenvalue weighted by molar-refractivity contribution is -0.0951. The highest BCUT2D eigenvalue weighted by Gasteiger charge is 2.25. The van der Waals surface area contributed by atoms with Gasteiger partial charge in [-0.2, -0.15) is 0 Å². The van der Waals surface area contributed by atoms with E-state index in [0.717, 1.165) is 13.0 Å². The molecule has 0 radical (unpaired) electrons. The largest absolute Gasteiger partial charge is 0.351 e. The first-order valence-electron chi connectivity index (χ1n) is 3.15. The van der Waals surface area contributed by atoms with Crippen LogP contribution in [0.3, 0.4) is 0 Å². The summed E-state index contributed by atoms with van der Waals surface area (Å²) < 4.78 is 10.9. The van der Waals surface area contributed by atoms with E-state index in [-0.39, 0.29) is 6.29 Å². The second-order valence-corrected chi connectivity index (χ2v) is 3.66. The smallest absolute Gasteiger partial charge is 0.170 e. The lowest BCUT2D eigenvalue weighted by Crippen LogP contribution is -2.19. The molecule has 0 aromatic heterocycles. The van der Waals surface area contributed by atoms with Crippen molar-refractivity contribution in [1.82, 2.24) is 0 Å². The molecule has 2 nitrogen and oxygen atoms in total. The molecule has 1 aliphatic heterocycles. The Kier molecular flexibility index (Phi) is 3.46. The molecule has 10 heavy (non-hydrogen) atoms. The second-order valence-electron chi connectivity index (χ2n) is 2.06. The van der Waals surface area contributed by atoms with Crippen molar-refractivity contribution in [3.63, 3.8) is 0 Å². The zero-order chi connectivity index (χ0) is 7.40. The fourth-order valence-corrected chi connectivity index (χ4v) is 1.49. The molecule has 1 saturated heterocycles. The number of hydrogen-bond donors (Lipinski definition) is 0. The topological polar surface area (TPSA) is 18.5 Å². The van der Waals surface area contributed by atoms with E-state index in [0.29, 0.717) is 10.5 Å². The molecule has 56 valence electrons. The molecular formula is C7H9IO2. The highest BCUT2D eigenvalue weighted by Crippen LogP contribution is 2.22. The molecule has 1 aliphatic rings. The summed E-state index contributed by atoms with van der Waals surface area (Å²) in [4.78, 5) is 0. The van der Waals surface area contributed by atoms with Crippen LogP contribution in [0.4, 0.5) is 0 Å². The summed E-state index contributed by atoms with van der Waals surface area (Å²) in [6.07, 6.45) is 6.01. The Hall–Kier alpha value is 0.210. The molecule has 1 heterocycles. The fourth-order valence-electron chi connectivity index (χ4n) is 0.820. The van der Waals surface area contributed by atoms with Gasteiger partial charge < -0.3 is 9.47 Å². The van der Waals surface area contributed by atoms with Gasteiger partial charge >= 0.3 is 0 Å². The Balaban J connectivity index is 2.21. The molecule has 3 heteroatoms. The van der Waals surface area contributed by atoms with Crippen LogP contribution in [0.15, 0.2) is 0 Å². The van der Waals surface area contributed by atoms with Crippen LogP contribution in [0, 0.1) is 12.3 Å². The summed E-state index contributed by atoms with van der Waals surface area (Å²) in [5.74, 6) is 2.41. The van der Waals surface area contributed by atoms with Crippen molar-refractivity contribution in [2.75, 3.05) is 13.2 Å². The van der Waals surface area contributed by atoms with Crippen LogP contribution in [-0.4, -0.2) is 23.4 Å². The SMILES string of the molecule is C#CCO[C@H]1OCCC1I. The third-order valence-electron chi connectivity index (χ3n) is 1.30. The van der Waals surface area contributed by atoms with Crippen molar-refractivity contribution in [2.24, 2.45) is 0 Å².